The molecule has 1 rings (SSSR count). The van der Waals surface area contributed by atoms with Gasteiger partial charge >= 0.3 is 0 Å². The molecule has 21 heavy (non-hydrogen) atoms. The van der Waals surface area contributed by atoms with Crippen molar-refractivity contribution in [2.45, 2.75) is 39.5 Å². The van der Waals surface area contributed by atoms with Crippen LogP contribution in [0.4, 0.5) is 13.2 Å². The Hall–Kier alpha value is -1.71. The summed E-state index contributed by atoms with van der Waals surface area (Å²) in [5.74, 6) is 0.795. The van der Waals surface area contributed by atoms with Gasteiger partial charge in [0.05, 0.1) is 0 Å². The molecule has 0 fully saturated rings. The molecule has 0 saturated heterocycles. The lowest BCUT2D eigenvalue weighted by atomic mass is 10.0. The molecular weight excluding hydrogens is 277 g/mol. The van der Waals surface area contributed by atoms with Crippen LogP contribution in [0.2, 0.25) is 0 Å². The van der Waals surface area contributed by atoms with Gasteiger partial charge in [0.2, 0.25) is 6.43 Å². The topological polar surface area (TPSA) is 9.23 Å². The monoisotopic (exact) mass is 298 g/mol. The van der Waals surface area contributed by atoms with Gasteiger partial charge in [0.1, 0.15) is 17.3 Å². The maximum Gasteiger partial charge on any atom is 0.238 e. The fourth-order valence-electron chi connectivity index (χ4n) is 1.87. The summed E-state index contributed by atoms with van der Waals surface area (Å²) in [5, 5.41) is 0. The Bertz CT molecular complexity index is 477. The highest BCUT2D eigenvalue weighted by atomic mass is 19.3. The second-order valence-corrected chi connectivity index (χ2v) is 4.96. The summed E-state index contributed by atoms with van der Waals surface area (Å²) in [6, 6.07) is 5.85. The second kappa shape index (κ2) is 8.55. The predicted octanol–water partition coefficient (Wildman–Crippen LogP) is 5.79. The van der Waals surface area contributed by atoms with Gasteiger partial charge in [-0.3, -0.25) is 0 Å². The smallest absolute Gasteiger partial charge is 0.238 e. The molecule has 1 atom stereocenters. The van der Waals surface area contributed by atoms with Crippen molar-refractivity contribution in [2.75, 3.05) is 0 Å². The van der Waals surface area contributed by atoms with Crippen LogP contribution in [-0.2, 0) is 4.74 Å². The van der Waals surface area contributed by atoms with Crippen molar-refractivity contribution >= 4 is 5.76 Å². The quantitative estimate of drug-likeness (QED) is 0.552. The lowest BCUT2D eigenvalue weighted by molar-refractivity contribution is 0.131. The van der Waals surface area contributed by atoms with Gasteiger partial charge in [-0.15, -0.1) is 0 Å². The van der Waals surface area contributed by atoms with Crippen molar-refractivity contribution < 1.29 is 17.9 Å². The van der Waals surface area contributed by atoms with E-state index in [2.05, 4.69) is 6.58 Å². The Kier molecular flexibility index (Phi) is 7.06. The van der Waals surface area contributed by atoms with Crippen LogP contribution in [0.15, 0.2) is 42.7 Å². The maximum absolute atomic E-state index is 12.9. The van der Waals surface area contributed by atoms with E-state index in [4.69, 9.17) is 4.74 Å². The SMILES string of the molecule is C=C(O/C(=C/C(C)CCC(F)F)CC)c1ccc(F)cc1. The summed E-state index contributed by atoms with van der Waals surface area (Å²) in [4.78, 5) is 0. The van der Waals surface area contributed by atoms with Crippen LogP contribution in [0.3, 0.4) is 0 Å². The van der Waals surface area contributed by atoms with Crippen molar-refractivity contribution in [1.29, 1.82) is 0 Å². The molecule has 0 aromatic heterocycles. The maximum atomic E-state index is 12.9. The van der Waals surface area contributed by atoms with Gasteiger partial charge in [0.25, 0.3) is 0 Å². The van der Waals surface area contributed by atoms with E-state index in [1.807, 2.05) is 19.9 Å². The zero-order chi connectivity index (χ0) is 15.8. The summed E-state index contributed by atoms with van der Waals surface area (Å²) in [6.07, 6.45) is 0.498. The third kappa shape index (κ3) is 6.52. The predicted molar refractivity (Wildman–Crippen MR) is 79.3 cm³/mol. The second-order valence-electron chi connectivity index (χ2n) is 4.96. The fourth-order valence-corrected chi connectivity index (χ4v) is 1.87. The van der Waals surface area contributed by atoms with Crippen LogP contribution in [0, 0.1) is 11.7 Å². The van der Waals surface area contributed by atoms with Gasteiger partial charge in [-0.2, -0.15) is 0 Å². The number of halogens is 3. The molecule has 1 aromatic carbocycles. The van der Waals surface area contributed by atoms with Crippen LogP contribution < -0.4 is 0 Å². The first kappa shape index (κ1) is 17.3. The van der Waals surface area contributed by atoms with Crippen molar-refractivity contribution in [1.82, 2.24) is 0 Å². The minimum Gasteiger partial charge on any atom is -0.462 e. The number of ether oxygens (including phenoxy) is 1. The van der Waals surface area contributed by atoms with Gasteiger partial charge < -0.3 is 4.74 Å². The highest BCUT2D eigenvalue weighted by Gasteiger charge is 2.09. The zero-order valence-corrected chi connectivity index (χ0v) is 12.4. The number of rotatable bonds is 8. The Morgan fingerprint density at radius 1 is 1.24 bits per heavy atom. The minimum absolute atomic E-state index is 0.00923. The van der Waals surface area contributed by atoms with Crippen molar-refractivity contribution in [3.8, 4) is 0 Å². The molecule has 1 nitrogen and oxygen atoms in total. The fraction of sp³-hybridized carbons (Fsp3) is 0.412. The van der Waals surface area contributed by atoms with Gasteiger partial charge in [-0.25, -0.2) is 13.2 Å². The number of hydrogen-bond acceptors (Lipinski definition) is 1. The average Bonchev–Trinajstić information content (AvgIpc) is 2.45. The summed E-state index contributed by atoms with van der Waals surface area (Å²) in [5.41, 5.74) is 0.691. The highest BCUT2D eigenvalue weighted by molar-refractivity contribution is 5.58. The van der Waals surface area contributed by atoms with Crippen molar-refractivity contribution in [3.05, 3.63) is 54.1 Å². The molecular formula is C17H21F3O. The molecule has 0 aliphatic carbocycles. The van der Waals surface area contributed by atoms with Gasteiger partial charge in [0.15, 0.2) is 0 Å². The molecule has 0 aliphatic rings. The number of hydrogen-bond donors (Lipinski definition) is 0. The van der Waals surface area contributed by atoms with Crippen molar-refractivity contribution in [2.24, 2.45) is 5.92 Å². The standard InChI is InChI=1S/C17H21F3O/c1-4-16(11-12(2)5-10-17(19)20)21-13(3)14-6-8-15(18)9-7-14/h6-9,11-12,17H,3-5,10H2,1-2H3/b16-11+. The van der Waals surface area contributed by atoms with Gasteiger partial charge in [-0.1, -0.05) is 20.4 Å². The van der Waals surface area contributed by atoms with E-state index < -0.39 is 6.43 Å². The molecule has 0 amide bonds. The molecule has 0 radical (unpaired) electrons. The molecule has 1 aromatic rings. The van der Waals surface area contributed by atoms with E-state index in [1.165, 1.54) is 12.1 Å². The number of alkyl halides is 2. The number of allylic oxidation sites excluding steroid dienone is 2. The summed E-state index contributed by atoms with van der Waals surface area (Å²) in [6.45, 7) is 7.62. The first-order chi connectivity index (χ1) is 9.92. The third-order valence-corrected chi connectivity index (χ3v) is 3.08. The average molecular weight is 298 g/mol. The molecule has 0 saturated carbocycles. The van der Waals surface area contributed by atoms with Gasteiger partial charge in [0, 0.05) is 18.4 Å². The van der Waals surface area contributed by atoms with E-state index in [1.54, 1.807) is 12.1 Å². The molecule has 4 heteroatoms. The van der Waals surface area contributed by atoms with Crippen LogP contribution >= 0.6 is 0 Å². The van der Waals surface area contributed by atoms with Crippen molar-refractivity contribution in [3.63, 3.8) is 0 Å². The van der Waals surface area contributed by atoms with Crippen LogP contribution in [0.25, 0.3) is 5.76 Å². The molecule has 0 spiro atoms. The Morgan fingerprint density at radius 3 is 2.38 bits per heavy atom. The molecule has 0 N–H and O–H groups in total. The Morgan fingerprint density at radius 2 is 1.86 bits per heavy atom. The molecule has 116 valence electrons. The van der Waals surface area contributed by atoms with Crippen LogP contribution in [0.5, 0.6) is 0 Å². The first-order valence-electron chi connectivity index (χ1n) is 7.04. The first-order valence-corrected chi connectivity index (χ1v) is 7.04. The summed E-state index contributed by atoms with van der Waals surface area (Å²) < 4.78 is 42.9. The summed E-state index contributed by atoms with van der Waals surface area (Å²) >= 11 is 0. The largest absolute Gasteiger partial charge is 0.462 e. The minimum atomic E-state index is -2.28. The highest BCUT2D eigenvalue weighted by Crippen LogP contribution is 2.22. The molecule has 0 bridgehead atoms. The lowest BCUT2D eigenvalue weighted by Crippen LogP contribution is -1.99. The normalized spacial score (nSPS) is 13.3. The van der Waals surface area contributed by atoms with E-state index in [0.29, 0.717) is 29.9 Å². The Labute approximate surface area is 124 Å². The molecule has 0 aliphatic heterocycles. The Balaban J connectivity index is 2.64. The zero-order valence-electron chi connectivity index (χ0n) is 12.4. The summed E-state index contributed by atoms with van der Waals surface area (Å²) in [7, 11) is 0. The molecule has 0 heterocycles. The number of benzene rings is 1. The third-order valence-electron chi connectivity index (χ3n) is 3.08. The van der Waals surface area contributed by atoms with E-state index in [9.17, 15) is 13.2 Å². The van der Waals surface area contributed by atoms with E-state index >= 15 is 0 Å². The van der Waals surface area contributed by atoms with Crippen LogP contribution in [0.1, 0.15) is 38.7 Å². The van der Waals surface area contributed by atoms with E-state index in [-0.39, 0.29) is 18.2 Å². The van der Waals surface area contributed by atoms with Gasteiger partial charge in [-0.05, 0) is 42.7 Å². The van der Waals surface area contributed by atoms with E-state index in [0.717, 1.165) is 0 Å². The van der Waals surface area contributed by atoms with Crippen LogP contribution in [-0.4, -0.2) is 6.43 Å². The lowest BCUT2D eigenvalue weighted by Gasteiger charge is -2.14. The molecule has 1 unspecified atom stereocenters.